The van der Waals surface area contributed by atoms with E-state index in [0.29, 0.717) is 12.2 Å². The number of aromatic amines is 1. The third-order valence-electron chi connectivity index (χ3n) is 5.74. The second-order valence-electron chi connectivity index (χ2n) is 7.47. The van der Waals surface area contributed by atoms with E-state index in [1.807, 2.05) is 6.07 Å². The van der Waals surface area contributed by atoms with Crippen LogP contribution in [0.3, 0.4) is 0 Å². The van der Waals surface area contributed by atoms with Crippen molar-refractivity contribution in [3.8, 4) is 0 Å². The van der Waals surface area contributed by atoms with Crippen LogP contribution in [0, 0.1) is 0 Å². The summed E-state index contributed by atoms with van der Waals surface area (Å²) in [6.45, 7) is 2.84. The maximum absolute atomic E-state index is 12.8. The van der Waals surface area contributed by atoms with Crippen molar-refractivity contribution in [3.05, 3.63) is 52.8 Å². The van der Waals surface area contributed by atoms with Gasteiger partial charge in [0, 0.05) is 17.8 Å². The normalized spacial score (nSPS) is 18.9. The smallest absolute Gasteiger partial charge is 0.272 e. The largest absolute Gasteiger partial charge is 0.349 e. The first-order chi connectivity index (χ1) is 12.8. The SMILES string of the molecule is O=C(NCC(c1ccccc1)N1CCCCC1)c1n[nH]c2c1CCCC2. The van der Waals surface area contributed by atoms with Crippen LogP contribution in [0.4, 0.5) is 0 Å². The topological polar surface area (TPSA) is 61.0 Å². The number of aryl methyl sites for hydroxylation is 1. The molecule has 0 saturated carbocycles. The van der Waals surface area contributed by atoms with Crippen LogP contribution in [0.15, 0.2) is 30.3 Å². The van der Waals surface area contributed by atoms with E-state index in [1.54, 1.807) is 0 Å². The van der Waals surface area contributed by atoms with E-state index in [-0.39, 0.29) is 11.9 Å². The second-order valence-corrected chi connectivity index (χ2v) is 7.47. The summed E-state index contributed by atoms with van der Waals surface area (Å²) in [6, 6.07) is 10.8. The molecule has 1 aromatic heterocycles. The van der Waals surface area contributed by atoms with Crippen molar-refractivity contribution in [3.63, 3.8) is 0 Å². The maximum Gasteiger partial charge on any atom is 0.272 e. The van der Waals surface area contributed by atoms with E-state index >= 15 is 0 Å². The fourth-order valence-corrected chi connectivity index (χ4v) is 4.30. The second kappa shape index (κ2) is 8.04. The number of nitrogens with zero attached hydrogens (tertiary/aromatic N) is 2. The Labute approximate surface area is 155 Å². The molecular weight excluding hydrogens is 324 g/mol. The predicted molar refractivity (Wildman–Crippen MR) is 102 cm³/mol. The lowest BCUT2D eigenvalue weighted by molar-refractivity contribution is 0.0918. The maximum atomic E-state index is 12.8. The Balaban J connectivity index is 1.47. The summed E-state index contributed by atoms with van der Waals surface area (Å²) in [7, 11) is 0. The molecule has 2 heterocycles. The molecule has 5 nitrogen and oxygen atoms in total. The molecule has 1 fully saturated rings. The molecule has 138 valence electrons. The summed E-state index contributed by atoms with van der Waals surface area (Å²) in [5.41, 5.74) is 4.16. The minimum absolute atomic E-state index is 0.0395. The summed E-state index contributed by atoms with van der Waals surface area (Å²) >= 11 is 0. The van der Waals surface area contributed by atoms with Gasteiger partial charge in [0.05, 0.1) is 6.04 Å². The Morgan fingerprint density at radius 2 is 1.85 bits per heavy atom. The Bertz CT molecular complexity index is 734. The molecule has 0 bridgehead atoms. The number of fused-ring (bicyclic) bond motifs is 1. The standard InChI is InChI=1S/C21H28N4O/c26-21(20-17-11-5-6-12-18(17)23-24-20)22-15-19(16-9-3-1-4-10-16)25-13-7-2-8-14-25/h1,3-4,9-10,19H,2,5-8,11-15H2,(H,22,26)(H,23,24). The van der Waals surface area contributed by atoms with Crippen LogP contribution >= 0.6 is 0 Å². The van der Waals surface area contributed by atoms with Crippen molar-refractivity contribution < 1.29 is 4.79 Å². The predicted octanol–water partition coefficient (Wildman–Crippen LogP) is 3.25. The van der Waals surface area contributed by atoms with Gasteiger partial charge in [-0.25, -0.2) is 0 Å². The van der Waals surface area contributed by atoms with E-state index < -0.39 is 0 Å². The minimum Gasteiger partial charge on any atom is -0.349 e. The Morgan fingerprint density at radius 3 is 2.65 bits per heavy atom. The van der Waals surface area contributed by atoms with Crippen molar-refractivity contribution in [1.82, 2.24) is 20.4 Å². The van der Waals surface area contributed by atoms with E-state index in [9.17, 15) is 4.79 Å². The number of hydrogen-bond donors (Lipinski definition) is 2. The molecular formula is C21H28N4O. The minimum atomic E-state index is -0.0395. The first-order valence-corrected chi connectivity index (χ1v) is 9.96. The van der Waals surface area contributed by atoms with Crippen molar-refractivity contribution in [2.24, 2.45) is 0 Å². The van der Waals surface area contributed by atoms with Gasteiger partial charge in [0.25, 0.3) is 5.91 Å². The molecule has 0 radical (unpaired) electrons. The zero-order valence-electron chi connectivity index (χ0n) is 15.3. The number of rotatable bonds is 5. The number of nitrogens with one attached hydrogen (secondary N) is 2. The highest BCUT2D eigenvalue weighted by atomic mass is 16.1. The van der Waals surface area contributed by atoms with Gasteiger partial charge in [-0.15, -0.1) is 0 Å². The van der Waals surface area contributed by atoms with Gasteiger partial charge >= 0.3 is 0 Å². The van der Waals surface area contributed by atoms with Crippen LogP contribution in [0.5, 0.6) is 0 Å². The summed E-state index contributed by atoms with van der Waals surface area (Å²) in [6.07, 6.45) is 8.09. The number of amides is 1. The van der Waals surface area contributed by atoms with Crippen LogP contribution < -0.4 is 5.32 Å². The summed E-state index contributed by atoms with van der Waals surface area (Å²) in [4.78, 5) is 15.3. The average molecular weight is 352 g/mol. The molecule has 26 heavy (non-hydrogen) atoms. The monoisotopic (exact) mass is 352 g/mol. The highest BCUT2D eigenvalue weighted by Gasteiger charge is 2.25. The third kappa shape index (κ3) is 3.68. The number of carbonyl (C=O) groups is 1. The molecule has 2 N–H and O–H groups in total. The van der Waals surface area contributed by atoms with Crippen LogP contribution in [-0.2, 0) is 12.8 Å². The van der Waals surface area contributed by atoms with Crippen molar-refractivity contribution in [2.75, 3.05) is 19.6 Å². The van der Waals surface area contributed by atoms with Crippen molar-refractivity contribution >= 4 is 5.91 Å². The van der Waals surface area contributed by atoms with Crippen LogP contribution in [-0.4, -0.2) is 40.6 Å². The number of H-pyrrole nitrogens is 1. The van der Waals surface area contributed by atoms with E-state index in [2.05, 4.69) is 44.7 Å². The zero-order chi connectivity index (χ0) is 17.8. The zero-order valence-corrected chi connectivity index (χ0v) is 15.3. The highest BCUT2D eigenvalue weighted by molar-refractivity contribution is 5.94. The van der Waals surface area contributed by atoms with Crippen LogP contribution in [0.2, 0.25) is 0 Å². The lowest BCUT2D eigenvalue weighted by atomic mass is 9.95. The summed E-state index contributed by atoms with van der Waals surface area (Å²) in [5.74, 6) is -0.0395. The molecule has 1 aliphatic heterocycles. The molecule has 1 unspecified atom stereocenters. The van der Waals surface area contributed by atoms with Gasteiger partial charge in [0.1, 0.15) is 0 Å². The molecule has 5 heteroatoms. The van der Waals surface area contributed by atoms with Gasteiger partial charge in [-0.05, 0) is 57.2 Å². The Hall–Kier alpha value is -2.14. The highest BCUT2D eigenvalue weighted by Crippen LogP contribution is 2.25. The third-order valence-corrected chi connectivity index (χ3v) is 5.74. The quantitative estimate of drug-likeness (QED) is 0.868. The Morgan fingerprint density at radius 1 is 1.08 bits per heavy atom. The van der Waals surface area contributed by atoms with Crippen LogP contribution in [0.25, 0.3) is 0 Å². The van der Waals surface area contributed by atoms with E-state index in [4.69, 9.17) is 0 Å². The van der Waals surface area contributed by atoms with E-state index in [1.165, 1.54) is 31.2 Å². The number of benzene rings is 1. The van der Waals surface area contributed by atoms with Gasteiger partial charge in [0.2, 0.25) is 0 Å². The molecule has 1 aliphatic carbocycles. The van der Waals surface area contributed by atoms with Crippen molar-refractivity contribution in [1.29, 1.82) is 0 Å². The molecule has 2 aliphatic rings. The molecule has 1 amide bonds. The number of hydrogen-bond acceptors (Lipinski definition) is 3. The lowest BCUT2D eigenvalue weighted by Crippen LogP contribution is -2.40. The molecule has 0 spiro atoms. The van der Waals surface area contributed by atoms with Gasteiger partial charge < -0.3 is 5.32 Å². The fraction of sp³-hybridized carbons (Fsp3) is 0.524. The van der Waals surface area contributed by atoms with Gasteiger partial charge in [0.15, 0.2) is 5.69 Å². The summed E-state index contributed by atoms with van der Waals surface area (Å²) in [5, 5.41) is 10.5. The first-order valence-electron chi connectivity index (χ1n) is 9.96. The summed E-state index contributed by atoms with van der Waals surface area (Å²) < 4.78 is 0. The molecule has 1 saturated heterocycles. The molecule has 1 atom stereocenters. The number of likely N-dealkylation sites (tertiary alicyclic amines) is 1. The Kier molecular flexibility index (Phi) is 5.34. The fourth-order valence-electron chi connectivity index (χ4n) is 4.30. The molecule has 1 aromatic carbocycles. The van der Waals surface area contributed by atoms with Gasteiger partial charge in [-0.1, -0.05) is 36.8 Å². The number of piperidine rings is 1. The van der Waals surface area contributed by atoms with Crippen molar-refractivity contribution in [2.45, 2.75) is 51.0 Å². The molecule has 4 rings (SSSR count). The lowest BCUT2D eigenvalue weighted by Gasteiger charge is -2.35. The number of carbonyl (C=O) groups excluding carboxylic acids is 1. The molecule has 2 aromatic rings. The van der Waals surface area contributed by atoms with Crippen LogP contribution in [0.1, 0.15) is 65.5 Å². The number of aromatic nitrogens is 2. The van der Waals surface area contributed by atoms with Gasteiger partial charge in [-0.3, -0.25) is 14.8 Å². The van der Waals surface area contributed by atoms with E-state index in [0.717, 1.165) is 43.6 Å². The van der Waals surface area contributed by atoms with Gasteiger partial charge in [-0.2, -0.15) is 5.10 Å². The first kappa shape index (κ1) is 17.3. The average Bonchev–Trinajstić information content (AvgIpc) is 3.14.